The van der Waals surface area contributed by atoms with Crippen LogP contribution in [0.4, 0.5) is 35.3 Å². The molecule has 0 saturated heterocycles. The number of nitriles is 1. The van der Waals surface area contributed by atoms with Crippen molar-refractivity contribution < 1.29 is 27.4 Å². The molecule has 0 spiro atoms. The quantitative estimate of drug-likeness (QED) is 0.292. The Kier molecular flexibility index (Phi) is 7.49. The van der Waals surface area contributed by atoms with Crippen LogP contribution in [0.5, 0.6) is 17.4 Å². The molecule has 0 aliphatic carbocycles. The zero-order chi connectivity index (χ0) is 29.2. The second-order valence-corrected chi connectivity index (χ2v) is 9.39. The van der Waals surface area contributed by atoms with Crippen LogP contribution in [-0.4, -0.2) is 32.9 Å². The first-order chi connectivity index (χ1) is 18.9. The lowest BCUT2D eigenvalue weighted by Gasteiger charge is -2.14. The zero-order valence-corrected chi connectivity index (χ0v) is 21.7. The summed E-state index contributed by atoms with van der Waals surface area (Å²) in [5.41, 5.74) is 5.31. The molecular weight excluding hydrogens is 529 g/mol. The zero-order valence-electron chi connectivity index (χ0n) is 21.7. The predicted octanol–water partition coefficient (Wildman–Crippen LogP) is 5.28. The Hall–Kier alpha value is -5.32. The van der Waals surface area contributed by atoms with Crippen LogP contribution in [0.2, 0.25) is 0 Å². The van der Waals surface area contributed by atoms with Crippen molar-refractivity contribution in [1.82, 2.24) is 19.7 Å². The number of carbonyl (C=O) groups excluding carboxylic acids is 1. The Morgan fingerprint density at radius 1 is 1.05 bits per heavy atom. The topological polar surface area (TPSA) is 153 Å². The molecule has 4 N–H and O–H groups in total. The SMILES string of the molecule is COc1c(F)cc(-n2nc(C(C)(C)C)cc2NC(=O)Nc2ccc(Oc3ncnc(N)c3C#N)cc2F)cc1F. The fourth-order valence-corrected chi connectivity index (χ4v) is 3.50. The number of anilines is 3. The van der Waals surface area contributed by atoms with E-state index in [2.05, 4.69) is 25.7 Å². The number of halogens is 3. The van der Waals surface area contributed by atoms with Crippen LogP contribution >= 0.6 is 0 Å². The lowest BCUT2D eigenvalue weighted by atomic mass is 9.92. The summed E-state index contributed by atoms with van der Waals surface area (Å²) in [7, 11) is 1.14. The molecule has 2 amide bonds. The first kappa shape index (κ1) is 27.7. The Morgan fingerprint density at radius 3 is 2.35 bits per heavy atom. The number of nitrogens with one attached hydrogen (secondary N) is 2. The number of hydrogen-bond acceptors (Lipinski definition) is 8. The van der Waals surface area contributed by atoms with Crippen molar-refractivity contribution >= 4 is 23.4 Å². The number of ether oxygens (including phenoxy) is 2. The number of nitrogen functional groups attached to an aromatic ring is 1. The number of methoxy groups -OCH3 is 1. The van der Waals surface area contributed by atoms with E-state index in [4.69, 9.17) is 15.2 Å². The minimum absolute atomic E-state index is 0.0172. The lowest BCUT2D eigenvalue weighted by molar-refractivity contribution is 0.262. The third-order valence-electron chi connectivity index (χ3n) is 5.51. The molecule has 0 fully saturated rings. The van der Waals surface area contributed by atoms with Crippen molar-refractivity contribution in [2.75, 3.05) is 23.5 Å². The standard InChI is InChI=1S/C26H23F3N8O3/c1-26(2,3)20-10-21(37(36-20)13-7-17(28)22(39-4)18(29)8-13)35-25(38)34-19-6-5-14(9-16(19)27)40-24-15(11-30)23(31)32-12-33-24/h5-10,12H,1-4H3,(H2,31,32,33)(H2,34,35,38). The van der Waals surface area contributed by atoms with Gasteiger partial charge in [-0.1, -0.05) is 20.8 Å². The monoisotopic (exact) mass is 552 g/mol. The van der Waals surface area contributed by atoms with Gasteiger partial charge in [0.25, 0.3) is 0 Å². The van der Waals surface area contributed by atoms with E-state index in [0.717, 1.165) is 36.3 Å². The van der Waals surface area contributed by atoms with Gasteiger partial charge in [-0.15, -0.1) is 0 Å². The van der Waals surface area contributed by atoms with E-state index in [9.17, 15) is 23.2 Å². The van der Waals surface area contributed by atoms with Crippen LogP contribution in [0.15, 0.2) is 42.7 Å². The van der Waals surface area contributed by atoms with Crippen LogP contribution in [-0.2, 0) is 5.41 Å². The number of benzene rings is 2. The van der Waals surface area contributed by atoms with Crippen LogP contribution in [0.3, 0.4) is 0 Å². The molecule has 206 valence electrons. The molecular formula is C26H23F3N8O3. The van der Waals surface area contributed by atoms with Gasteiger partial charge in [-0.3, -0.25) is 5.32 Å². The first-order valence-electron chi connectivity index (χ1n) is 11.6. The molecule has 4 rings (SSSR count). The molecule has 0 radical (unpaired) electrons. The van der Waals surface area contributed by atoms with E-state index in [0.29, 0.717) is 5.69 Å². The Bertz CT molecular complexity index is 1620. The minimum Gasteiger partial charge on any atom is -0.491 e. The van der Waals surface area contributed by atoms with Crippen molar-refractivity contribution in [3.05, 3.63) is 71.4 Å². The Balaban J connectivity index is 1.57. The number of urea groups is 1. The average molecular weight is 553 g/mol. The lowest BCUT2D eigenvalue weighted by Crippen LogP contribution is -2.22. The predicted molar refractivity (Wildman–Crippen MR) is 139 cm³/mol. The number of amides is 2. The van der Waals surface area contributed by atoms with Gasteiger partial charge in [0.05, 0.1) is 24.2 Å². The van der Waals surface area contributed by atoms with Crippen LogP contribution in [0, 0.1) is 28.8 Å². The van der Waals surface area contributed by atoms with Gasteiger partial charge in [0.1, 0.15) is 35.6 Å². The summed E-state index contributed by atoms with van der Waals surface area (Å²) in [5, 5.41) is 18.5. The van der Waals surface area contributed by atoms with Crippen molar-refractivity contribution in [3.8, 4) is 29.1 Å². The smallest absolute Gasteiger partial charge is 0.324 e. The fourth-order valence-electron chi connectivity index (χ4n) is 3.50. The highest BCUT2D eigenvalue weighted by atomic mass is 19.1. The maximum Gasteiger partial charge on any atom is 0.324 e. The summed E-state index contributed by atoms with van der Waals surface area (Å²) in [6.45, 7) is 5.60. The highest BCUT2D eigenvalue weighted by Crippen LogP contribution is 2.31. The van der Waals surface area contributed by atoms with Gasteiger partial charge in [-0.25, -0.2) is 32.6 Å². The van der Waals surface area contributed by atoms with E-state index >= 15 is 0 Å². The maximum atomic E-state index is 14.8. The molecule has 0 bridgehead atoms. The number of hydrogen-bond donors (Lipinski definition) is 3. The summed E-state index contributed by atoms with van der Waals surface area (Å²) in [4.78, 5) is 20.3. The van der Waals surface area contributed by atoms with E-state index < -0.39 is 34.6 Å². The number of rotatable bonds is 6. The van der Waals surface area contributed by atoms with Crippen LogP contribution in [0.1, 0.15) is 32.0 Å². The molecule has 0 saturated carbocycles. The minimum atomic E-state index is -0.961. The molecule has 14 heteroatoms. The van der Waals surface area contributed by atoms with Gasteiger partial charge >= 0.3 is 6.03 Å². The fraction of sp³-hybridized carbons (Fsp3) is 0.192. The van der Waals surface area contributed by atoms with Gasteiger partial charge in [0.2, 0.25) is 5.88 Å². The van der Waals surface area contributed by atoms with Crippen LogP contribution in [0.25, 0.3) is 5.69 Å². The molecule has 4 aromatic rings. The number of nitrogens with zero attached hydrogens (tertiary/aromatic N) is 5. The van der Waals surface area contributed by atoms with E-state index in [1.54, 1.807) is 0 Å². The Morgan fingerprint density at radius 2 is 1.75 bits per heavy atom. The summed E-state index contributed by atoms with van der Waals surface area (Å²) in [6.07, 6.45) is 1.09. The summed E-state index contributed by atoms with van der Waals surface area (Å²) in [5.74, 6) is -3.57. The van der Waals surface area contributed by atoms with E-state index in [-0.39, 0.29) is 40.2 Å². The van der Waals surface area contributed by atoms with Crippen molar-refractivity contribution in [2.24, 2.45) is 0 Å². The Labute approximate surface area is 226 Å². The second-order valence-electron chi connectivity index (χ2n) is 9.39. The van der Waals surface area contributed by atoms with Gasteiger partial charge in [-0.05, 0) is 12.1 Å². The van der Waals surface area contributed by atoms with Crippen molar-refractivity contribution in [2.45, 2.75) is 26.2 Å². The molecule has 0 atom stereocenters. The third kappa shape index (κ3) is 5.73. The maximum absolute atomic E-state index is 14.8. The van der Waals surface area contributed by atoms with E-state index in [1.807, 2.05) is 26.8 Å². The third-order valence-corrected chi connectivity index (χ3v) is 5.51. The van der Waals surface area contributed by atoms with Gasteiger partial charge in [0.15, 0.2) is 22.9 Å². The van der Waals surface area contributed by atoms with Gasteiger partial charge in [0, 0.05) is 29.7 Å². The largest absolute Gasteiger partial charge is 0.491 e. The summed E-state index contributed by atoms with van der Waals surface area (Å²) < 4.78 is 55.0. The molecule has 0 aliphatic heterocycles. The second kappa shape index (κ2) is 10.8. The molecule has 2 aromatic heterocycles. The summed E-state index contributed by atoms with van der Waals surface area (Å²) in [6, 6.07) is 8.03. The number of nitrogens with two attached hydrogens (primary N) is 1. The normalized spacial score (nSPS) is 11.1. The number of carbonyl (C=O) groups is 1. The highest BCUT2D eigenvalue weighted by molar-refractivity contribution is 5.99. The number of aromatic nitrogens is 4. The highest BCUT2D eigenvalue weighted by Gasteiger charge is 2.23. The molecule has 0 aliphatic rings. The molecule has 0 unspecified atom stereocenters. The van der Waals surface area contributed by atoms with Gasteiger partial charge < -0.3 is 20.5 Å². The van der Waals surface area contributed by atoms with Crippen molar-refractivity contribution in [3.63, 3.8) is 0 Å². The molecule has 2 aromatic carbocycles. The molecule has 2 heterocycles. The molecule has 40 heavy (non-hydrogen) atoms. The van der Waals surface area contributed by atoms with Crippen LogP contribution < -0.4 is 25.8 Å². The summed E-state index contributed by atoms with van der Waals surface area (Å²) >= 11 is 0. The first-order valence-corrected chi connectivity index (χ1v) is 11.6. The molecule has 11 nitrogen and oxygen atoms in total. The average Bonchev–Trinajstić information content (AvgIpc) is 3.30. The van der Waals surface area contributed by atoms with E-state index in [1.165, 1.54) is 18.2 Å². The van der Waals surface area contributed by atoms with Gasteiger partial charge in [-0.2, -0.15) is 10.4 Å². The van der Waals surface area contributed by atoms with Crippen molar-refractivity contribution in [1.29, 1.82) is 5.26 Å².